The Bertz CT molecular complexity index is 472. The van der Waals surface area contributed by atoms with E-state index in [-0.39, 0.29) is 11.5 Å². The molecule has 4 heteroatoms. The Kier molecular flexibility index (Phi) is 3.09. The number of aryl methyl sites for hydroxylation is 2. The molecule has 0 aliphatic carbocycles. The fourth-order valence-electron chi connectivity index (χ4n) is 1.21. The first-order chi connectivity index (χ1) is 6.91. The van der Waals surface area contributed by atoms with E-state index >= 15 is 0 Å². The van der Waals surface area contributed by atoms with Gasteiger partial charge in [-0.3, -0.25) is 15.0 Å². The normalized spacial score (nSPS) is 9.80. The molecule has 1 aromatic heterocycles. The van der Waals surface area contributed by atoms with Crippen molar-refractivity contribution in [3.05, 3.63) is 45.9 Å². The number of aromatic nitrogens is 1. The lowest BCUT2D eigenvalue weighted by Gasteiger charge is -2.11. The van der Waals surface area contributed by atoms with Gasteiger partial charge in [-0.1, -0.05) is 6.58 Å². The molecule has 0 bridgehead atoms. The third-order valence-electron chi connectivity index (χ3n) is 1.96. The molecule has 0 saturated carbocycles. The summed E-state index contributed by atoms with van der Waals surface area (Å²) in [5.41, 5.74) is 4.15. The van der Waals surface area contributed by atoms with Crippen LogP contribution in [0.5, 0.6) is 0 Å². The van der Waals surface area contributed by atoms with E-state index in [1.807, 2.05) is 13.0 Å². The number of amides is 1. The van der Waals surface area contributed by atoms with Gasteiger partial charge in [-0.05, 0) is 32.4 Å². The fraction of sp³-hybridized carbons (Fsp3) is 0.273. The van der Waals surface area contributed by atoms with E-state index in [4.69, 9.17) is 0 Å². The number of pyridine rings is 1. The maximum absolute atomic E-state index is 11.5. The van der Waals surface area contributed by atoms with Crippen molar-refractivity contribution in [2.24, 2.45) is 0 Å². The fourth-order valence-corrected chi connectivity index (χ4v) is 1.21. The molecule has 1 heterocycles. The number of rotatable bonds is 2. The van der Waals surface area contributed by atoms with Crippen molar-refractivity contribution in [2.75, 3.05) is 5.43 Å². The average Bonchev–Trinajstić information content (AvgIpc) is 2.10. The van der Waals surface area contributed by atoms with Crippen LogP contribution < -0.4 is 11.0 Å². The number of nitrogens with zero attached hydrogens (tertiary/aromatic N) is 1. The third kappa shape index (κ3) is 2.56. The van der Waals surface area contributed by atoms with Crippen molar-refractivity contribution in [1.82, 2.24) is 4.68 Å². The minimum absolute atomic E-state index is 0.248. The van der Waals surface area contributed by atoms with Gasteiger partial charge in [0.25, 0.3) is 11.5 Å². The van der Waals surface area contributed by atoms with Gasteiger partial charge in [-0.25, -0.2) is 4.68 Å². The van der Waals surface area contributed by atoms with Gasteiger partial charge in [-0.2, -0.15) is 0 Å². The van der Waals surface area contributed by atoms with Crippen molar-refractivity contribution < 1.29 is 4.79 Å². The summed E-state index contributed by atoms with van der Waals surface area (Å²) < 4.78 is 1.21. The van der Waals surface area contributed by atoms with Crippen LogP contribution in [0, 0.1) is 13.8 Å². The summed E-state index contributed by atoms with van der Waals surface area (Å²) in [7, 11) is 0. The molecule has 4 nitrogen and oxygen atoms in total. The van der Waals surface area contributed by atoms with Gasteiger partial charge in [0.2, 0.25) is 0 Å². The largest absolute Gasteiger partial charge is 0.269 e. The zero-order valence-corrected chi connectivity index (χ0v) is 9.13. The summed E-state index contributed by atoms with van der Waals surface area (Å²) in [5.74, 6) is -0.357. The van der Waals surface area contributed by atoms with E-state index in [1.165, 1.54) is 10.7 Å². The number of hydrogen-bond donors (Lipinski definition) is 1. The lowest BCUT2D eigenvalue weighted by atomic mass is 10.2. The molecular weight excluding hydrogens is 192 g/mol. The summed E-state index contributed by atoms with van der Waals surface area (Å²) in [6.45, 7) is 8.68. The molecule has 80 valence electrons. The van der Waals surface area contributed by atoms with Crippen molar-refractivity contribution in [3.8, 4) is 0 Å². The van der Waals surface area contributed by atoms with E-state index in [0.29, 0.717) is 11.3 Å². The Hall–Kier alpha value is -1.84. The van der Waals surface area contributed by atoms with Crippen molar-refractivity contribution in [3.63, 3.8) is 0 Å². The molecule has 0 aromatic carbocycles. The highest BCUT2D eigenvalue weighted by molar-refractivity contribution is 5.98. The van der Waals surface area contributed by atoms with E-state index in [1.54, 1.807) is 13.8 Å². The summed E-state index contributed by atoms with van der Waals surface area (Å²) in [4.78, 5) is 22.9. The maximum atomic E-state index is 11.5. The summed E-state index contributed by atoms with van der Waals surface area (Å²) in [5, 5.41) is 0. The second kappa shape index (κ2) is 4.13. The minimum Gasteiger partial charge on any atom is -0.268 e. The molecule has 0 fully saturated rings. The second-order valence-electron chi connectivity index (χ2n) is 3.57. The van der Waals surface area contributed by atoms with Gasteiger partial charge in [0, 0.05) is 17.3 Å². The van der Waals surface area contributed by atoms with Crippen LogP contribution in [0.2, 0.25) is 0 Å². The van der Waals surface area contributed by atoms with Crippen LogP contribution >= 0.6 is 0 Å². The zero-order valence-electron chi connectivity index (χ0n) is 9.13. The van der Waals surface area contributed by atoms with E-state index < -0.39 is 0 Å². The predicted molar refractivity (Wildman–Crippen MR) is 59.4 cm³/mol. The Morgan fingerprint density at radius 1 is 1.40 bits per heavy atom. The monoisotopic (exact) mass is 206 g/mol. The van der Waals surface area contributed by atoms with E-state index in [0.717, 1.165) is 5.56 Å². The van der Waals surface area contributed by atoms with Crippen LogP contribution in [-0.2, 0) is 4.79 Å². The molecule has 0 radical (unpaired) electrons. The van der Waals surface area contributed by atoms with Crippen LogP contribution in [0.25, 0.3) is 0 Å². The Balaban J connectivity index is 3.11. The maximum Gasteiger partial charge on any atom is 0.269 e. The van der Waals surface area contributed by atoms with Gasteiger partial charge in [0.15, 0.2) is 0 Å². The minimum atomic E-state index is -0.357. The van der Waals surface area contributed by atoms with Gasteiger partial charge < -0.3 is 0 Å². The molecular formula is C11H14N2O2. The molecule has 15 heavy (non-hydrogen) atoms. The summed E-state index contributed by atoms with van der Waals surface area (Å²) in [6, 6.07) is 3.28. The third-order valence-corrected chi connectivity index (χ3v) is 1.96. The molecule has 1 rings (SSSR count). The molecule has 0 atom stereocenters. The Morgan fingerprint density at radius 3 is 2.47 bits per heavy atom. The van der Waals surface area contributed by atoms with Crippen molar-refractivity contribution >= 4 is 5.91 Å². The van der Waals surface area contributed by atoms with E-state index in [2.05, 4.69) is 12.0 Å². The number of carbonyl (C=O) groups excluding carboxylic acids is 1. The highest BCUT2D eigenvalue weighted by Gasteiger charge is 2.06. The molecule has 0 saturated heterocycles. The molecule has 0 unspecified atom stereocenters. The Labute approximate surface area is 88.2 Å². The predicted octanol–water partition coefficient (Wildman–Crippen LogP) is 1.11. The molecule has 1 amide bonds. The van der Waals surface area contributed by atoms with E-state index in [9.17, 15) is 9.59 Å². The highest BCUT2D eigenvalue weighted by Crippen LogP contribution is 1.98. The lowest BCUT2D eigenvalue weighted by molar-refractivity contribution is -0.113. The summed E-state index contributed by atoms with van der Waals surface area (Å²) in [6.07, 6.45) is 0. The Morgan fingerprint density at radius 2 is 2.00 bits per heavy atom. The molecule has 1 N–H and O–H groups in total. The topological polar surface area (TPSA) is 51.1 Å². The van der Waals surface area contributed by atoms with Crippen LogP contribution in [0.15, 0.2) is 29.1 Å². The second-order valence-corrected chi connectivity index (χ2v) is 3.57. The number of hydrogen-bond acceptors (Lipinski definition) is 2. The molecule has 0 aliphatic heterocycles. The molecule has 0 aliphatic rings. The first kappa shape index (κ1) is 11.2. The SMILES string of the molecule is C=C(C)C(=O)Nn1c(C)cc(C)cc1=O. The summed E-state index contributed by atoms with van der Waals surface area (Å²) >= 11 is 0. The zero-order chi connectivity index (χ0) is 11.6. The number of nitrogens with one attached hydrogen (secondary N) is 1. The van der Waals surface area contributed by atoms with Gasteiger partial charge in [0.1, 0.15) is 0 Å². The van der Waals surface area contributed by atoms with Gasteiger partial charge in [-0.15, -0.1) is 0 Å². The first-order valence-electron chi connectivity index (χ1n) is 4.59. The standard InChI is InChI=1S/C11H14N2O2/c1-7(2)11(15)12-13-9(4)5-8(3)6-10(13)14/h5-6H,1H2,2-4H3,(H,12,15). The van der Waals surface area contributed by atoms with Crippen LogP contribution in [0.4, 0.5) is 0 Å². The molecule has 0 spiro atoms. The molecule has 1 aromatic rings. The van der Waals surface area contributed by atoms with Crippen molar-refractivity contribution in [1.29, 1.82) is 0 Å². The van der Waals surface area contributed by atoms with Crippen LogP contribution in [0.3, 0.4) is 0 Å². The lowest BCUT2D eigenvalue weighted by Crippen LogP contribution is -2.34. The van der Waals surface area contributed by atoms with Gasteiger partial charge in [0.05, 0.1) is 0 Å². The van der Waals surface area contributed by atoms with Crippen LogP contribution in [-0.4, -0.2) is 10.6 Å². The average molecular weight is 206 g/mol. The van der Waals surface area contributed by atoms with Gasteiger partial charge >= 0.3 is 0 Å². The first-order valence-corrected chi connectivity index (χ1v) is 4.59. The smallest absolute Gasteiger partial charge is 0.268 e. The van der Waals surface area contributed by atoms with Crippen molar-refractivity contribution in [2.45, 2.75) is 20.8 Å². The quantitative estimate of drug-likeness (QED) is 0.737. The number of carbonyl (C=O) groups is 1. The van der Waals surface area contributed by atoms with Crippen LogP contribution in [0.1, 0.15) is 18.2 Å². The highest BCUT2D eigenvalue weighted by atomic mass is 16.2.